The third-order valence-electron chi connectivity index (χ3n) is 2.49. The Hall–Kier alpha value is -0.490. The molecular formula is C15H25Cl. The molecule has 0 nitrogen and oxygen atoms in total. The van der Waals surface area contributed by atoms with Gasteiger partial charge < -0.3 is 0 Å². The van der Waals surface area contributed by atoms with Gasteiger partial charge in [0.15, 0.2) is 0 Å². The average molecular weight is 241 g/mol. The summed E-state index contributed by atoms with van der Waals surface area (Å²) in [5.74, 6) is 0.497. The van der Waals surface area contributed by atoms with Crippen LogP contribution in [0.25, 0.3) is 0 Å². The van der Waals surface area contributed by atoms with E-state index in [2.05, 4.69) is 52.8 Å². The Morgan fingerprint density at radius 3 is 1.88 bits per heavy atom. The van der Waals surface area contributed by atoms with Crippen molar-refractivity contribution in [3.05, 3.63) is 34.3 Å². The van der Waals surface area contributed by atoms with Crippen molar-refractivity contribution in [3.8, 4) is 0 Å². The molecule has 92 valence electrons. The van der Waals surface area contributed by atoms with Crippen LogP contribution in [0.4, 0.5) is 0 Å². The van der Waals surface area contributed by atoms with E-state index in [1.165, 1.54) is 11.1 Å². The standard InChI is InChI=1S/C13H19Cl.C2H6/c1-9(2)11-7-6-10(8-12(11)14)13(3,4)5;1-2/h6-9H,1-5H3;1-2H3. The van der Waals surface area contributed by atoms with Crippen LogP contribution in [-0.4, -0.2) is 0 Å². The summed E-state index contributed by atoms with van der Waals surface area (Å²) in [5, 5.41) is 0.896. The van der Waals surface area contributed by atoms with Gasteiger partial charge >= 0.3 is 0 Å². The van der Waals surface area contributed by atoms with Crippen LogP contribution in [0.5, 0.6) is 0 Å². The summed E-state index contributed by atoms with van der Waals surface area (Å²) >= 11 is 6.23. The van der Waals surface area contributed by atoms with Gasteiger partial charge in [0.05, 0.1) is 0 Å². The van der Waals surface area contributed by atoms with Gasteiger partial charge in [-0.1, -0.05) is 72.2 Å². The zero-order valence-corrected chi connectivity index (χ0v) is 12.4. The molecule has 0 saturated carbocycles. The normalized spacial score (nSPS) is 11.1. The third kappa shape index (κ3) is 4.17. The molecule has 0 aliphatic rings. The molecule has 0 heterocycles. The molecule has 0 fully saturated rings. The summed E-state index contributed by atoms with van der Waals surface area (Å²) in [7, 11) is 0. The first kappa shape index (κ1) is 15.5. The average Bonchev–Trinajstić information content (AvgIpc) is 2.18. The molecule has 0 atom stereocenters. The van der Waals surface area contributed by atoms with Crippen LogP contribution in [-0.2, 0) is 5.41 Å². The predicted octanol–water partition coefficient (Wildman–Crippen LogP) is 5.79. The topological polar surface area (TPSA) is 0 Å². The van der Waals surface area contributed by atoms with Crippen LogP contribution >= 0.6 is 11.6 Å². The van der Waals surface area contributed by atoms with E-state index in [0.717, 1.165) is 5.02 Å². The highest BCUT2D eigenvalue weighted by molar-refractivity contribution is 6.31. The Bertz CT molecular complexity index is 319. The third-order valence-corrected chi connectivity index (χ3v) is 2.82. The zero-order chi connectivity index (χ0) is 12.9. The van der Waals surface area contributed by atoms with Gasteiger partial charge in [0, 0.05) is 5.02 Å². The number of rotatable bonds is 1. The molecule has 0 bridgehead atoms. The van der Waals surface area contributed by atoms with Crippen molar-refractivity contribution >= 4 is 11.6 Å². The lowest BCUT2D eigenvalue weighted by atomic mass is 9.86. The van der Waals surface area contributed by atoms with Crippen LogP contribution in [0.15, 0.2) is 18.2 Å². The van der Waals surface area contributed by atoms with Crippen LogP contribution < -0.4 is 0 Å². The lowest BCUT2D eigenvalue weighted by Crippen LogP contribution is -2.11. The Morgan fingerprint density at radius 2 is 1.56 bits per heavy atom. The van der Waals surface area contributed by atoms with Crippen molar-refractivity contribution < 1.29 is 0 Å². The highest BCUT2D eigenvalue weighted by Gasteiger charge is 2.15. The molecule has 0 unspecified atom stereocenters. The second-order valence-corrected chi connectivity index (χ2v) is 5.55. The molecule has 0 aromatic heterocycles. The van der Waals surface area contributed by atoms with Crippen molar-refractivity contribution in [2.45, 2.75) is 59.8 Å². The number of halogens is 1. The monoisotopic (exact) mass is 240 g/mol. The Morgan fingerprint density at radius 1 is 1.06 bits per heavy atom. The molecule has 16 heavy (non-hydrogen) atoms. The number of benzene rings is 1. The molecule has 0 aliphatic heterocycles. The molecule has 1 rings (SSSR count). The van der Waals surface area contributed by atoms with Crippen LogP contribution in [0.3, 0.4) is 0 Å². The van der Waals surface area contributed by atoms with E-state index in [0.29, 0.717) is 5.92 Å². The lowest BCUT2D eigenvalue weighted by molar-refractivity contribution is 0.589. The summed E-state index contributed by atoms with van der Waals surface area (Å²) in [5.41, 5.74) is 2.71. The van der Waals surface area contributed by atoms with E-state index < -0.39 is 0 Å². The first-order chi connectivity index (χ1) is 7.32. The molecule has 1 aromatic rings. The minimum absolute atomic E-state index is 0.180. The van der Waals surface area contributed by atoms with Gasteiger partial charge in [-0.05, 0) is 28.5 Å². The van der Waals surface area contributed by atoms with E-state index in [9.17, 15) is 0 Å². The second kappa shape index (κ2) is 6.30. The zero-order valence-electron chi connectivity index (χ0n) is 11.7. The minimum Gasteiger partial charge on any atom is -0.0840 e. The molecule has 0 radical (unpaired) electrons. The van der Waals surface area contributed by atoms with Gasteiger partial charge in [0.2, 0.25) is 0 Å². The van der Waals surface area contributed by atoms with E-state index in [1.807, 2.05) is 13.8 Å². The van der Waals surface area contributed by atoms with E-state index in [-0.39, 0.29) is 5.41 Å². The van der Waals surface area contributed by atoms with E-state index in [1.54, 1.807) is 0 Å². The molecule has 0 aliphatic carbocycles. The largest absolute Gasteiger partial charge is 0.0840 e. The number of hydrogen-bond donors (Lipinski definition) is 0. The van der Waals surface area contributed by atoms with Crippen molar-refractivity contribution in [1.82, 2.24) is 0 Å². The van der Waals surface area contributed by atoms with Gasteiger partial charge in [-0.25, -0.2) is 0 Å². The number of hydrogen-bond acceptors (Lipinski definition) is 0. The first-order valence-electron chi connectivity index (χ1n) is 6.12. The fourth-order valence-electron chi connectivity index (χ4n) is 1.46. The van der Waals surface area contributed by atoms with Crippen LogP contribution in [0.1, 0.15) is 65.5 Å². The van der Waals surface area contributed by atoms with Crippen molar-refractivity contribution in [3.63, 3.8) is 0 Å². The van der Waals surface area contributed by atoms with Crippen molar-refractivity contribution in [2.24, 2.45) is 0 Å². The molecule has 0 saturated heterocycles. The SMILES string of the molecule is CC.CC(C)c1ccc(C(C)(C)C)cc1Cl. The summed E-state index contributed by atoms with van der Waals surface area (Å²) in [4.78, 5) is 0. The van der Waals surface area contributed by atoms with Crippen LogP contribution in [0.2, 0.25) is 5.02 Å². The summed E-state index contributed by atoms with van der Waals surface area (Å²) in [6.45, 7) is 14.9. The maximum Gasteiger partial charge on any atom is 0.0443 e. The lowest BCUT2D eigenvalue weighted by Gasteiger charge is -2.20. The van der Waals surface area contributed by atoms with E-state index >= 15 is 0 Å². The highest BCUT2D eigenvalue weighted by Crippen LogP contribution is 2.30. The minimum atomic E-state index is 0.180. The highest BCUT2D eigenvalue weighted by atomic mass is 35.5. The second-order valence-electron chi connectivity index (χ2n) is 5.14. The Balaban J connectivity index is 0.00000106. The van der Waals surface area contributed by atoms with Gasteiger partial charge in [0.1, 0.15) is 0 Å². The molecule has 0 N–H and O–H groups in total. The van der Waals surface area contributed by atoms with Crippen molar-refractivity contribution in [1.29, 1.82) is 0 Å². The first-order valence-corrected chi connectivity index (χ1v) is 6.50. The van der Waals surface area contributed by atoms with Crippen molar-refractivity contribution in [2.75, 3.05) is 0 Å². The van der Waals surface area contributed by atoms with Gasteiger partial charge in [-0.15, -0.1) is 0 Å². The summed E-state index contributed by atoms with van der Waals surface area (Å²) in [6, 6.07) is 6.42. The quantitative estimate of drug-likeness (QED) is 0.583. The maximum absolute atomic E-state index is 6.23. The molecule has 0 amide bonds. The van der Waals surface area contributed by atoms with Gasteiger partial charge in [0.25, 0.3) is 0 Å². The summed E-state index contributed by atoms with van der Waals surface area (Å²) in [6.07, 6.45) is 0. The molecule has 0 spiro atoms. The fourth-order valence-corrected chi connectivity index (χ4v) is 1.86. The fraction of sp³-hybridized carbons (Fsp3) is 0.600. The molecule has 1 heteroatoms. The molecule has 1 aromatic carbocycles. The van der Waals surface area contributed by atoms with Gasteiger partial charge in [-0.2, -0.15) is 0 Å². The summed E-state index contributed by atoms with van der Waals surface area (Å²) < 4.78 is 0. The predicted molar refractivity (Wildman–Crippen MR) is 75.6 cm³/mol. The maximum atomic E-state index is 6.23. The van der Waals surface area contributed by atoms with Crippen LogP contribution in [0, 0.1) is 0 Å². The van der Waals surface area contributed by atoms with E-state index in [4.69, 9.17) is 11.6 Å². The Kier molecular flexibility index (Phi) is 6.10. The smallest absolute Gasteiger partial charge is 0.0443 e. The molecular weight excluding hydrogens is 216 g/mol. The van der Waals surface area contributed by atoms with Gasteiger partial charge in [-0.3, -0.25) is 0 Å². The Labute approximate surface area is 106 Å².